The Labute approximate surface area is 198 Å². The van der Waals surface area contributed by atoms with Crippen molar-refractivity contribution in [2.75, 3.05) is 16.9 Å². The number of nitrogens with zero attached hydrogens (tertiary/aromatic N) is 3. The molecule has 2 aliphatic carbocycles. The molecule has 2 atom stereocenters. The number of fused-ring (bicyclic) bond motifs is 3. The van der Waals surface area contributed by atoms with E-state index in [-0.39, 0.29) is 17.4 Å². The lowest BCUT2D eigenvalue weighted by Crippen LogP contribution is -2.53. The molecule has 2 bridgehead atoms. The van der Waals surface area contributed by atoms with Crippen molar-refractivity contribution in [3.05, 3.63) is 64.2 Å². The molecule has 1 aliphatic heterocycles. The first-order chi connectivity index (χ1) is 16.1. The highest BCUT2D eigenvalue weighted by Crippen LogP contribution is 2.70. The molecule has 5 rings (SSSR count). The van der Waals surface area contributed by atoms with Crippen LogP contribution in [0.25, 0.3) is 0 Å². The predicted molar refractivity (Wildman–Crippen MR) is 130 cm³/mol. The van der Waals surface area contributed by atoms with Gasteiger partial charge in [0, 0.05) is 29.8 Å². The molecule has 34 heavy (non-hydrogen) atoms. The highest BCUT2D eigenvalue weighted by atomic mass is 16.6. The van der Waals surface area contributed by atoms with Crippen LogP contribution in [0.15, 0.2) is 53.6 Å². The van der Waals surface area contributed by atoms with Gasteiger partial charge in [-0.1, -0.05) is 39.0 Å². The van der Waals surface area contributed by atoms with Crippen molar-refractivity contribution in [2.45, 2.75) is 46.5 Å². The fraction of sp³-hybridized carbons (Fsp3) is 0.423. The zero-order valence-corrected chi connectivity index (χ0v) is 19.6. The first-order valence-electron chi connectivity index (χ1n) is 11.7. The number of nitro groups is 1. The van der Waals surface area contributed by atoms with E-state index in [1.807, 2.05) is 49.9 Å². The van der Waals surface area contributed by atoms with Gasteiger partial charge in [-0.3, -0.25) is 25.1 Å². The van der Waals surface area contributed by atoms with E-state index in [2.05, 4.69) is 10.5 Å². The first kappa shape index (κ1) is 22.3. The number of carbonyl (C=O) groups excluding carboxylic acids is 2. The summed E-state index contributed by atoms with van der Waals surface area (Å²) < 4.78 is 0. The molecule has 8 nitrogen and oxygen atoms in total. The molecule has 1 heterocycles. The third-order valence-corrected chi connectivity index (χ3v) is 8.67. The third kappa shape index (κ3) is 2.80. The summed E-state index contributed by atoms with van der Waals surface area (Å²) in [7, 11) is 0. The van der Waals surface area contributed by atoms with E-state index in [1.54, 1.807) is 12.1 Å². The quantitative estimate of drug-likeness (QED) is 0.403. The van der Waals surface area contributed by atoms with Crippen LogP contribution >= 0.6 is 0 Å². The Morgan fingerprint density at radius 2 is 1.79 bits per heavy atom. The number of Topliss-reactive ketones (excluding diaryl/α,β-unsaturated/α-hetero) is 1. The molecule has 2 unspecified atom stereocenters. The zero-order chi connectivity index (χ0) is 24.3. The Balaban J connectivity index is 1.51. The molecule has 176 valence electrons. The highest BCUT2D eigenvalue weighted by molar-refractivity contribution is 6.51. The number of nitro benzene ring substituents is 1. The van der Waals surface area contributed by atoms with Crippen LogP contribution in [-0.2, 0) is 16.0 Å². The molecule has 2 aromatic rings. The second kappa shape index (κ2) is 7.48. The highest BCUT2D eigenvalue weighted by Gasteiger charge is 2.77. The number of ketones is 1. The van der Waals surface area contributed by atoms with Gasteiger partial charge in [0.2, 0.25) is 5.91 Å². The lowest BCUT2D eigenvalue weighted by atomic mass is 9.64. The number of amides is 1. The average molecular weight is 461 g/mol. The summed E-state index contributed by atoms with van der Waals surface area (Å²) in [5.41, 5.74) is 3.49. The van der Waals surface area contributed by atoms with E-state index in [0.29, 0.717) is 30.8 Å². The summed E-state index contributed by atoms with van der Waals surface area (Å²) in [6.07, 6.45) is 2.98. The monoisotopic (exact) mass is 460 g/mol. The van der Waals surface area contributed by atoms with Crippen LogP contribution in [0, 0.1) is 26.4 Å². The van der Waals surface area contributed by atoms with Crippen molar-refractivity contribution in [1.82, 2.24) is 0 Å². The molecular formula is C26H28N4O4. The normalized spacial score (nSPS) is 28.1. The van der Waals surface area contributed by atoms with Gasteiger partial charge in [-0.2, -0.15) is 5.10 Å². The molecule has 1 N–H and O–H groups in total. The van der Waals surface area contributed by atoms with Crippen molar-refractivity contribution >= 4 is 34.5 Å². The maximum atomic E-state index is 14.2. The largest absolute Gasteiger partial charge is 0.311 e. The smallest absolute Gasteiger partial charge is 0.269 e. The number of para-hydroxylation sites is 1. The second-order valence-electron chi connectivity index (χ2n) is 10.3. The van der Waals surface area contributed by atoms with Crippen molar-refractivity contribution in [3.63, 3.8) is 0 Å². The van der Waals surface area contributed by atoms with E-state index >= 15 is 0 Å². The van der Waals surface area contributed by atoms with Gasteiger partial charge in [-0.25, -0.2) is 0 Å². The van der Waals surface area contributed by atoms with Crippen molar-refractivity contribution in [3.8, 4) is 0 Å². The second-order valence-corrected chi connectivity index (χ2v) is 10.3. The average Bonchev–Trinajstić information content (AvgIpc) is 3.11. The molecule has 1 amide bonds. The summed E-state index contributed by atoms with van der Waals surface area (Å²) >= 11 is 0. The summed E-state index contributed by atoms with van der Waals surface area (Å²) in [6, 6.07) is 13.8. The Morgan fingerprint density at radius 3 is 2.50 bits per heavy atom. The fourth-order valence-corrected chi connectivity index (χ4v) is 6.20. The lowest BCUT2D eigenvalue weighted by Gasteiger charge is -2.41. The number of carbonyl (C=O) groups is 2. The molecule has 3 aliphatic rings. The fourth-order valence-electron chi connectivity index (χ4n) is 6.20. The van der Waals surface area contributed by atoms with Crippen molar-refractivity contribution < 1.29 is 14.5 Å². The first-order valence-corrected chi connectivity index (χ1v) is 11.7. The standard InChI is InChI=1S/C26H28N4O4/c1-24(2)25(3)14-15-26(24,23(32)29-16-6-8-17-7-4-5-9-20(17)29)22(31)21(25)28-27-18-10-12-19(13-11-18)30(33)34/h4-5,7,9-13,27H,6,8,14-16H2,1-3H3/b28-21+. The van der Waals surface area contributed by atoms with Gasteiger partial charge in [0.25, 0.3) is 5.69 Å². The summed E-state index contributed by atoms with van der Waals surface area (Å²) in [6.45, 7) is 6.65. The molecule has 2 aromatic carbocycles. The minimum atomic E-state index is -1.16. The molecule has 0 radical (unpaired) electrons. The predicted octanol–water partition coefficient (Wildman–Crippen LogP) is 4.74. The molecule has 0 spiro atoms. The topological polar surface area (TPSA) is 105 Å². The minimum absolute atomic E-state index is 0.0198. The molecular weight excluding hydrogens is 432 g/mol. The van der Waals surface area contributed by atoms with E-state index in [0.717, 1.165) is 24.1 Å². The van der Waals surface area contributed by atoms with Crippen molar-refractivity contribution in [1.29, 1.82) is 0 Å². The molecule has 8 heteroatoms. The van der Waals surface area contributed by atoms with E-state index < -0.39 is 21.2 Å². The number of hydrogen-bond acceptors (Lipinski definition) is 6. The van der Waals surface area contributed by atoms with Crippen LogP contribution in [0.1, 0.15) is 45.6 Å². The zero-order valence-electron chi connectivity index (χ0n) is 19.6. The number of anilines is 2. The number of aryl methyl sites for hydroxylation is 1. The minimum Gasteiger partial charge on any atom is -0.311 e. The maximum Gasteiger partial charge on any atom is 0.269 e. The van der Waals surface area contributed by atoms with Crippen LogP contribution < -0.4 is 10.3 Å². The molecule has 2 saturated carbocycles. The number of non-ortho nitro benzene ring substituents is 1. The number of hydrogen-bond donors (Lipinski definition) is 1. The molecule has 0 saturated heterocycles. The number of hydrazone groups is 1. The van der Waals surface area contributed by atoms with Crippen LogP contribution in [-0.4, -0.2) is 28.9 Å². The number of benzene rings is 2. The van der Waals surface area contributed by atoms with Crippen molar-refractivity contribution in [2.24, 2.45) is 21.3 Å². The van der Waals surface area contributed by atoms with Gasteiger partial charge in [0.15, 0.2) is 5.78 Å². The number of rotatable bonds is 4. The maximum absolute atomic E-state index is 14.2. The van der Waals surface area contributed by atoms with Gasteiger partial charge in [-0.05, 0) is 54.9 Å². The molecule has 0 aromatic heterocycles. The lowest BCUT2D eigenvalue weighted by molar-refractivity contribution is -0.384. The third-order valence-electron chi connectivity index (χ3n) is 8.67. The summed E-state index contributed by atoms with van der Waals surface area (Å²) in [5, 5.41) is 15.4. The number of nitrogens with one attached hydrogen (secondary N) is 1. The Kier molecular flexibility index (Phi) is 4.90. The van der Waals surface area contributed by atoms with Crippen LogP contribution in [0.5, 0.6) is 0 Å². The van der Waals surface area contributed by atoms with Gasteiger partial charge >= 0.3 is 0 Å². The Bertz CT molecular complexity index is 1240. The summed E-state index contributed by atoms with van der Waals surface area (Å²) in [4.78, 5) is 40.4. The van der Waals surface area contributed by atoms with Crippen LogP contribution in [0.3, 0.4) is 0 Å². The van der Waals surface area contributed by atoms with Crippen LogP contribution in [0.4, 0.5) is 17.1 Å². The summed E-state index contributed by atoms with van der Waals surface area (Å²) in [5.74, 6) is -0.340. The Morgan fingerprint density at radius 1 is 1.09 bits per heavy atom. The Hall–Kier alpha value is -3.55. The van der Waals surface area contributed by atoms with E-state index in [1.165, 1.54) is 12.1 Å². The van der Waals surface area contributed by atoms with Crippen LogP contribution in [0.2, 0.25) is 0 Å². The van der Waals surface area contributed by atoms with Gasteiger partial charge in [0.05, 0.1) is 10.6 Å². The van der Waals surface area contributed by atoms with E-state index in [4.69, 9.17) is 0 Å². The SMILES string of the molecule is CC12CCC(C(=O)N3CCCc4ccccc43)(C(=O)/C1=N\Nc1ccc([N+](=O)[O-])cc1)C2(C)C. The van der Waals surface area contributed by atoms with Gasteiger partial charge in [0.1, 0.15) is 11.1 Å². The molecule has 2 fully saturated rings. The van der Waals surface area contributed by atoms with E-state index in [9.17, 15) is 19.7 Å². The van der Waals surface area contributed by atoms with Gasteiger partial charge in [-0.15, -0.1) is 0 Å². The van der Waals surface area contributed by atoms with Gasteiger partial charge < -0.3 is 4.90 Å².